The van der Waals surface area contributed by atoms with Crippen molar-refractivity contribution in [1.82, 2.24) is 4.90 Å². The Hall–Kier alpha value is -4.45. The van der Waals surface area contributed by atoms with Gasteiger partial charge < -0.3 is 20.1 Å². The molecule has 1 aliphatic rings. The summed E-state index contributed by atoms with van der Waals surface area (Å²) >= 11 is 0. The van der Waals surface area contributed by atoms with Crippen LogP contribution in [-0.2, 0) is 11.4 Å². The van der Waals surface area contributed by atoms with Gasteiger partial charge in [-0.2, -0.15) is 5.26 Å². The standard InChI is InChI=1S/C27H23F2N3O4/c28-22-14-20(15-23(25(22)29)31-11-10-30)18-6-8-21(9-7-18)36-16-17-3-1-4-19(13-17)26(33)32-12-2-5-24(32)27(34)35/h1,3-4,6-9,13-15,24,31H,2,5,11-12,16H2,(H,34,35)/t24-/m0/s1. The van der Waals surface area contributed by atoms with E-state index in [1.54, 1.807) is 48.5 Å². The van der Waals surface area contributed by atoms with Crippen molar-refractivity contribution < 1.29 is 28.2 Å². The predicted octanol–water partition coefficient (Wildman–Crippen LogP) is 4.84. The van der Waals surface area contributed by atoms with Crippen LogP contribution in [0.15, 0.2) is 60.7 Å². The van der Waals surface area contributed by atoms with E-state index in [2.05, 4.69) is 5.32 Å². The third-order valence-corrected chi connectivity index (χ3v) is 5.95. The van der Waals surface area contributed by atoms with Crippen LogP contribution in [0.5, 0.6) is 5.75 Å². The molecule has 0 aromatic heterocycles. The number of benzene rings is 3. The van der Waals surface area contributed by atoms with E-state index in [0.29, 0.717) is 41.8 Å². The Kier molecular flexibility index (Phi) is 7.44. The molecule has 184 valence electrons. The quantitative estimate of drug-likeness (QED) is 0.438. The van der Waals surface area contributed by atoms with Gasteiger partial charge in [0.25, 0.3) is 5.91 Å². The van der Waals surface area contributed by atoms with Crippen LogP contribution >= 0.6 is 0 Å². The minimum atomic E-state index is -1.04. The number of aliphatic carboxylic acids is 1. The molecular weight excluding hydrogens is 468 g/mol. The Bertz CT molecular complexity index is 1320. The summed E-state index contributed by atoms with van der Waals surface area (Å²) in [6.45, 7) is 0.435. The van der Waals surface area contributed by atoms with Crippen LogP contribution in [-0.4, -0.2) is 41.0 Å². The Morgan fingerprint density at radius 3 is 2.61 bits per heavy atom. The molecule has 1 fully saturated rings. The molecule has 1 aliphatic heterocycles. The molecule has 0 bridgehead atoms. The van der Waals surface area contributed by atoms with Crippen molar-refractivity contribution in [2.24, 2.45) is 0 Å². The number of rotatable bonds is 8. The number of carbonyl (C=O) groups is 2. The number of nitrogens with zero attached hydrogens (tertiary/aromatic N) is 2. The highest BCUT2D eigenvalue weighted by molar-refractivity contribution is 5.97. The van der Waals surface area contributed by atoms with E-state index in [4.69, 9.17) is 10.00 Å². The zero-order valence-corrected chi connectivity index (χ0v) is 19.2. The fourth-order valence-electron chi connectivity index (χ4n) is 4.16. The zero-order valence-electron chi connectivity index (χ0n) is 19.2. The lowest BCUT2D eigenvalue weighted by Gasteiger charge is -2.21. The maximum absolute atomic E-state index is 14.0. The topological polar surface area (TPSA) is 103 Å². The number of ether oxygens (including phenoxy) is 1. The molecule has 1 amide bonds. The normalized spacial score (nSPS) is 14.8. The van der Waals surface area contributed by atoms with Crippen molar-refractivity contribution in [3.8, 4) is 22.9 Å². The third-order valence-electron chi connectivity index (χ3n) is 5.95. The number of halogens is 2. The Labute approximate surface area is 206 Å². The highest BCUT2D eigenvalue weighted by Gasteiger charge is 2.34. The van der Waals surface area contributed by atoms with Crippen molar-refractivity contribution in [2.75, 3.05) is 18.4 Å². The van der Waals surface area contributed by atoms with E-state index in [1.165, 1.54) is 11.0 Å². The molecule has 36 heavy (non-hydrogen) atoms. The summed E-state index contributed by atoms with van der Waals surface area (Å²) in [4.78, 5) is 25.6. The number of amides is 1. The second-order valence-corrected chi connectivity index (χ2v) is 8.34. The first kappa shape index (κ1) is 24.7. The van der Waals surface area contributed by atoms with Crippen molar-refractivity contribution in [3.05, 3.63) is 83.4 Å². The molecular formula is C27H23F2N3O4. The van der Waals surface area contributed by atoms with Crippen molar-refractivity contribution in [3.63, 3.8) is 0 Å². The second-order valence-electron chi connectivity index (χ2n) is 8.34. The SMILES string of the molecule is N#CCNc1cc(-c2ccc(OCc3cccc(C(=O)N4CCC[C@H]4C(=O)O)c3)cc2)cc(F)c1F. The number of carbonyl (C=O) groups excluding carboxylic acids is 1. The summed E-state index contributed by atoms with van der Waals surface area (Å²) in [7, 11) is 0. The minimum Gasteiger partial charge on any atom is -0.489 e. The molecule has 7 nitrogen and oxygen atoms in total. The second kappa shape index (κ2) is 10.9. The van der Waals surface area contributed by atoms with Crippen LogP contribution in [0, 0.1) is 23.0 Å². The van der Waals surface area contributed by atoms with Gasteiger partial charge in [-0.3, -0.25) is 4.79 Å². The third kappa shape index (κ3) is 5.44. The van der Waals surface area contributed by atoms with E-state index in [9.17, 15) is 23.5 Å². The van der Waals surface area contributed by atoms with Crippen LogP contribution in [0.25, 0.3) is 11.1 Å². The van der Waals surface area contributed by atoms with Crippen LogP contribution < -0.4 is 10.1 Å². The average Bonchev–Trinajstić information content (AvgIpc) is 3.39. The average molecular weight is 491 g/mol. The molecule has 9 heteroatoms. The van der Waals surface area contributed by atoms with Gasteiger partial charge in [0.2, 0.25) is 0 Å². The molecule has 4 rings (SSSR count). The molecule has 1 saturated heterocycles. The zero-order chi connectivity index (χ0) is 25.7. The summed E-state index contributed by atoms with van der Waals surface area (Å²) < 4.78 is 33.8. The molecule has 1 heterocycles. The van der Waals surface area contributed by atoms with Gasteiger partial charge in [0.15, 0.2) is 11.6 Å². The number of hydrogen-bond donors (Lipinski definition) is 2. The Morgan fingerprint density at radius 1 is 1.11 bits per heavy atom. The lowest BCUT2D eigenvalue weighted by Crippen LogP contribution is -2.40. The summed E-state index contributed by atoms with van der Waals surface area (Å²) in [6.07, 6.45) is 1.10. The summed E-state index contributed by atoms with van der Waals surface area (Å²) in [6, 6.07) is 17.2. The van der Waals surface area contributed by atoms with Crippen molar-refractivity contribution >= 4 is 17.6 Å². The number of nitrogens with one attached hydrogen (secondary N) is 1. The van der Waals surface area contributed by atoms with Gasteiger partial charge in [-0.25, -0.2) is 13.6 Å². The number of anilines is 1. The molecule has 2 N–H and O–H groups in total. The first-order chi connectivity index (χ1) is 17.4. The first-order valence-electron chi connectivity index (χ1n) is 11.3. The number of hydrogen-bond acceptors (Lipinski definition) is 5. The van der Waals surface area contributed by atoms with Gasteiger partial charge in [0, 0.05) is 12.1 Å². The largest absolute Gasteiger partial charge is 0.489 e. The maximum Gasteiger partial charge on any atom is 0.326 e. The predicted molar refractivity (Wildman–Crippen MR) is 128 cm³/mol. The number of carboxylic acids is 1. The van der Waals surface area contributed by atoms with Crippen LogP contribution in [0.4, 0.5) is 14.5 Å². The van der Waals surface area contributed by atoms with E-state index >= 15 is 0 Å². The van der Waals surface area contributed by atoms with Gasteiger partial charge in [-0.1, -0.05) is 24.3 Å². The summed E-state index contributed by atoms with van der Waals surface area (Å²) in [5.41, 5.74) is 2.12. The highest BCUT2D eigenvalue weighted by atomic mass is 19.2. The summed E-state index contributed by atoms with van der Waals surface area (Å²) in [5, 5.41) is 20.6. The van der Waals surface area contributed by atoms with E-state index in [1.807, 2.05) is 6.07 Å². The highest BCUT2D eigenvalue weighted by Crippen LogP contribution is 2.29. The molecule has 0 spiro atoms. The minimum absolute atomic E-state index is 0.0927. The first-order valence-corrected chi connectivity index (χ1v) is 11.3. The molecule has 1 atom stereocenters. The van der Waals surface area contributed by atoms with E-state index < -0.39 is 23.6 Å². The fraction of sp³-hybridized carbons (Fsp3) is 0.222. The fourth-order valence-corrected chi connectivity index (χ4v) is 4.16. The molecule has 3 aromatic rings. The Balaban J connectivity index is 1.43. The van der Waals surface area contributed by atoms with Gasteiger partial charge in [0.1, 0.15) is 24.9 Å². The lowest BCUT2D eigenvalue weighted by atomic mass is 10.0. The van der Waals surface area contributed by atoms with E-state index in [-0.39, 0.29) is 24.7 Å². The van der Waals surface area contributed by atoms with Crippen LogP contribution in [0.3, 0.4) is 0 Å². The number of carboxylic acid groups (broad SMARTS) is 1. The molecule has 0 saturated carbocycles. The summed E-state index contributed by atoms with van der Waals surface area (Å²) in [5.74, 6) is -2.85. The van der Waals surface area contributed by atoms with Crippen LogP contribution in [0.2, 0.25) is 0 Å². The molecule has 0 radical (unpaired) electrons. The Morgan fingerprint density at radius 2 is 1.89 bits per heavy atom. The van der Waals surface area contributed by atoms with Gasteiger partial charge >= 0.3 is 5.97 Å². The monoisotopic (exact) mass is 491 g/mol. The van der Waals surface area contributed by atoms with Gasteiger partial charge in [-0.05, 0) is 65.9 Å². The smallest absolute Gasteiger partial charge is 0.326 e. The van der Waals surface area contributed by atoms with Gasteiger partial charge in [-0.15, -0.1) is 0 Å². The molecule has 0 unspecified atom stereocenters. The maximum atomic E-state index is 14.0. The molecule has 0 aliphatic carbocycles. The van der Waals surface area contributed by atoms with Gasteiger partial charge in [0.05, 0.1) is 11.8 Å². The van der Waals surface area contributed by atoms with E-state index in [0.717, 1.165) is 11.6 Å². The lowest BCUT2D eigenvalue weighted by molar-refractivity contribution is -0.141. The van der Waals surface area contributed by atoms with Crippen LogP contribution in [0.1, 0.15) is 28.8 Å². The van der Waals surface area contributed by atoms with Crippen molar-refractivity contribution in [1.29, 1.82) is 5.26 Å². The number of nitriles is 1. The number of likely N-dealkylation sites (tertiary alicyclic amines) is 1. The van der Waals surface area contributed by atoms with Crippen molar-refractivity contribution in [2.45, 2.75) is 25.5 Å². The molecule has 3 aromatic carbocycles.